The highest BCUT2D eigenvalue weighted by Gasteiger charge is 2.44. The van der Waals surface area contributed by atoms with Crippen molar-refractivity contribution < 1.29 is 18.0 Å². The van der Waals surface area contributed by atoms with Gasteiger partial charge in [0.05, 0.1) is 0 Å². The highest BCUT2D eigenvalue weighted by Crippen LogP contribution is 2.43. The van der Waals surface area contributed by atoms with E-state index in [0.717, 1.165) is 51.3 Å². The summed E-state index contributed by atoms with van der Waals surface area (Å²) in [6, 6.07) is 8.61. The molecule has 0 aromatic heterocycles. The maximum absolute atomic E-state index is 13.4. The van der Waals surface area contributed by atoms with E-state index in [-0.39, 0.29) is 5.91 Å². The van der Waals surface area contributed by atoms with E-state index >= 15 is 0 Å². The Morgan fingerprint density at radius 3 is 2.29 bits per heavy atom. The summed E-state index contributed by atoms with van der Waals surface area (Å²) < 4.78 is 23.3. The molecule has 2 unspecified atom stereocenters. The van der Waals surface area contributed by atoms with E-state index in [9.17, 15) is 18.0 Å². The molecule has 3 fully saturated rings. The Hall–Kier alpha value is -1.93. The van der Waals surface area contributed by atoms with Gasteiger partial charge in [0.25, 0.3) is 0 Å². The topological polar surface area (TPSA) is 101 Å². The quantitative estimate of drug-likeness (QED) is 0.575. The van der Waals surface area contributed by atoms with Gasteiger partial charge in [0.1, 0.15) is 4.75 Å². The molecule has 1 aromatic rings. The van der Waals surface area contributed by atoms with Gasteiger partial charge in [-0.05, 0) is 81.9 Å². The molecule has 2 amide bonds. The van der Waals surface area contributed by atoms with Crippen molar-refractivity contribution >= 4 is 21.7 Å². The number of sulfone groups is 1. The first-order chi connectivity index (χ1) is 16.0. The predicted molar refractivity (Wildman–Crippen MR) is 133 cm³/mol. The number of rotatable bonds is 9. The monoisotopic (exact) mass is 489 g/mol. The van der Waals surface area contributed by atoms with Crippen LogP contribution in [0, 0.1) is 5.92 Å². The van der Waals surface area contributed by atoms with E-state index in [2.05, 4.69) is 11.0 Å². The van der Waals surface area contributed by atoms with Gasteiger partial charge in [0.15, 0.2) is 9.84 Å². The third kappa shape index (κ3) is 5.03. The lowest BCUT2D eigenvalue weighted by molar-refractivity contribution is -0.134. The standard InChI is InChI=1S/C26H39N3O4S/c1-26(2,34(3,32)33)25(31)28(17-18-6-4-7-18)12-13-29-22-10-11-23(29)16-21(15-22)19-8-5-9-20(14-19)24(27)30/h5,8-9,14,18,21-23H,4,6-7,10-13,15-17H2,1-3H3,(H2,27,30). The van der Waals surface area contributed by atoms with E-state index in [1.54, 1.807) is 6.07 Å². The van der Waals surface area contributed by atoms with Gasteiger partial charge in [0.2, 0.25) is 11.8 Å². The number of benzene rings is 1. The highest BCUT2D eigenvalue weighted by atomic mass is 32.2. The van der Waals surface area contributed by atoms with E-state index in [0.29, 0.717) is 42.6 Å². The van der Waals surface area contributed by atoms with Gasteiger partial charge in [-0.3, -0.25) is 14.5 Å². The Morgan fingerprint density at radius 1 is 1.12 bits per heavy atom. The average Bonchev–Trinajstić information content (AvgIpc) is 2.98. The van der Waals surface area contributed by atoms with Crippen LogP contribution in [-0.2, 0) is 14.6 Å². The Balaban J connectivity index is 1.43. The normalized spacial score (nSPS) is 25.7. The predicted octanol–water partition coefficient (Wildman–Crippen LogP) is 2.95. The zero-order chi connectivity index (χ0) is 24.7. The zero-order valence-corrected chi connectivity index (χ0v) is 21.5. The number of nitrogens with zero attached hydrogens (tertiary/aromatic N) is 2. The van der Waals surface area contributed by atoms with Crippen LogP contribution in [0.1, 0.15) is 80.6 Å². The molecule has 2 heterocycles. The van der Waals surface area contributed by atoms with Crippen LogP contribution >= 0.6 is 0 Å². The number of nitrogens with two attached hydrogens (primary N) is 1. The van der Waals surface area contributed by atoms with Gasteiger partial charge in [-0.2, -0.15) is 0 Å². The van der Waals surface area contributed by atoms with E-state index in [4.69, 9.17) is 5.73 Å². The molecule has 2 atom stereocenters. The molecule has 1 aromatic carbocycles. The molecule has 8 heteroatoms. The summed E-state index contributed by atoms with van der Waals surface area (Å²) in [7, 11) is -3.51. The second kappa shape index (κ2) is 9.61. The fourth-order valence-corrected chi connectivity index (χ4v) is 6.34. The number of hydrogen-bond donors (Lipinski definition) is 1. The van der Waals surface area contributed by atoms with Crippen LogP contribution in [-0.4, -0.2) is 72.8 Å². The largest absolute Gasteiger partial charge is 0.366 e. The molecular weight excluding hydrogens is 450 g/mol. The molecule has 7 nitrogen and oxygen atoms in total. The third-order valence-electron chi connectivity index (χ3n) is 8.59. The maximum Gasteiger partial charge on any atom is 0.248 e. The minimum absolute atomic E-state index is 0.271. The third-order valence-corrected chi connectivity index (χ3v) is 10.6. The van der Waals surface area contributed by atoms with Crippen LogP contribution in [0.5, 0.6) is 0 Å². The van der Waals surface area contributed by atoms with Crippen molar-refractivity contribution in [2.75, 3.05) is 25.9 Å². The van der Waals surface area contributed by atoms with Gasteiger partial charge < -0.3 is 10.6 Å². The molecule has 0 radical (unpaired) electrons. The van der Waals surface area contributed by atoms with E-state index in [1.807, 2.05) is 17.0 Å². The second-order valence-corrected chi connectivity index (χ2v) is 13.7. The smallest absolute Gasteiger partial charge is 0.248 e. The van der Waals surface area contributed by atoms with Crippen LogP contribution in [0.15, 0.2) is 24.3 Å². The maximum atomic E-state index is 13.4. The molecule has 1 aliphatic carbocycles. The van der Waals surface area contributed by atoms with Gasteiger partial charge in [-0.1, -0.05) is 18.6 Å². The number of carbonyl (C=O) groups excluding carboxylic acids is 2. The van der Waals surface area contributed by atoms with Crippen LogP contribution in [0.3, 0.4) is 0 Å². The Labute approximate surface area is 204 Å². The minimum atomic E-state index is -3.51. The fourth-order valence-electron chi connectivity index (χ4n) is 5.90. The molecule has 2 N–H and O–H groups in total. The number of amides is 2. The van der Waals surface area contributed by atoms with Gasteiger partial charge >= 0.3 is 0 Å². The first kappa shape index (κ1) is 25.2. The number of primary amides is 1. The average molecular weight is 490 g/mol. The van der Waals surface area contributed by atoms with Crippen molar-refractivity contribution in [1.29, 1.82) is 0 Å². The van der Waals surface area contributed by atoms with Crippen molar-refractivity contribution in [2.45, 2.75) is 81.5 Å². The zero-order valence-electron chi connectivity index (χ0n) is 20.7. The lowest BCUT2D eigenvalue weighted by Gasteiger charge is -2.42. The number of fused-ring (bicyclic) bond motifs is 2. The minimum Gasteiger partial charge on any atom is -0.366 e. The molecule has 2 saturated heterocycles. The SMILES string of the molecule is CC(C)(C(=O)N(CCN1C2CCC1CC(c1cccc(C(N)=O)c1)C2)CC1CCC1)S(C)(=O)=O. The number of piperidine rings is 1. The van der Waals surface area contributed by atoms with Gasteiger partial charge in [-0.25, -0.2) is 8.42 Å². The van der Waals surface area contributed by atoms with Gasteiger partial charge in [-0.15, -0.1) is 0 Å². The second-order valence-electron chi connectivity index (χ2n) is 11.1. The number of carbonyl (C=O) groups is 2. The summed E-state index contributed by atoms with van der Waals surface area (Å²) in [5.74, 6) is 0.229. The van der Waals surface area contributed by atoms with Crippen molar-refractivity contribution in [2.24, 2.45) is 11.7 Å². The van der Waals surface area contributed by atoms with Gasteiger partial charge in [0, 0.05) is 43.5 Å². The van der Waals surface area contributed by atoms with Crippen molar-refractivity contribution in [3.8, 4) is 0 Å². The summed E-state index contributed by atoms with van der Waals surface area (Å²) >= 11 is 0. The van der Waals surface area contributed by atoms with Crippen LogP contribution < -0.4 is 5.73 Å². The van der Waals surface area contributed by atoms with Crippen molar-refractivity contribution in [3.05, 3.63) is 35.4 Å². The summed E-state index contributed by atoms with van der Waals surface area (Å²) in [5.41, 5.74) is 7.23. The number of hydrogen-bond acceptors (Lipinski definition) is 5. The van der Waals surface area contributed by atoms with Crippen molar-refractivity contribution in [1.82, 2.24) is 9.80 Å². The molecule has 4 rings (SSSR count). The highest BCUT2D eigenvalue weighted by molar-refractivity contribution is 7.92. The summed E-state index contributed by atoms with van der Waals surface area (Å²) in [5, 5.41) is 0. The van der Waals surface area contributed by atoms with Crippen LogP contribution in [0.2, 0.25) is 0 Å². The Morgan fingerprint density at radius 2 is 1.76 bits per heavy atom. The Bertz CT molecular complexity index is 1020. The summed E-state index contributed by atoms with van der Waals surface area (Å²) in [6.07, 6.45) is 8.92. The lowest BCUT2D eigenvalue weighted by Crippen LogP contribution is -2.54. The summed E-state index contributed by atoms with van der Waals surface area (Å²) in [6.45, 7) is 5.08. The van der Waals surface area contributed by atoms with Crippen LogP contribution in [0.25, 0.3) is 0 Å². The fraction of sp³-hybridized carbons (Fsp3) is 0.692. The molecule has 0 spiro atoms. The van der Waals surface area contributed by atoms with E-state index in [1.165, 1.54) is 25.8 Å². The Kier molecular flexibility index (Phi) is 7.11. The van der Waals surface area contributed by atoms with Crippen LogP contribution in [0.4, 0.5) is 0 Å². The molecular formula is C26H39N3O4S. The first-order valence-corrected chi connectivity index (χ1v) is 14.5. The summed E-state index contributed by atoms with van der Waals surface area (Å²) in [4.78, 5) is 29.3. The molecule has 2 aliphatic heterocycles. The molecule has 3 aliphatic rings. The first-order valence-electron chi connectivity index (χ1n) is 12.6. The molecule has 34 heavy (non-hydrogen) atoms. The van der Waals surface area contributed by atoms with E-state index < -0.39 is 20.5 Å². The molecule has 188 valence electrons. The molecule has 2 bridgehead atoms. The van der Waals surface area contributed by atoms with Crippen molar-refractivity contribution in [3.63, 3.8) is 0 Å². The lowest BCUT2D eigenvalue weighted by atomic mass is 9.84. The molecule has 1 saturated carbocycles.